The maximum absolute atomic E-state index is 13.3. The summed E-state index contributed by atoms with van der Waals surface area (Å²) in [6.45, 7) is 11.8. The molecule has 0 aliphatic carbocycles. The van der Waals surface area contributed by atoms with Crippen LogP contribution in [0.3, 0.4) is 0 Å². The van der Waals surface area contributed by atoms with Crippen LogP contribution >= 0.6 is 0 Å². The summed E-state index contributed by atoms with van der Waals surface area (Å²) in [7, 11) is -1.84. The number of para-hydroxylation sites is 1. The van der Waals surface area contributed by atoms with E-state index in [1.165, 1.54) is 27.2 Å². The van der Waals surface area contributed by atoms with Crippen molar-refractivity contribution in [1.29, 1.82) is 0 Å². The predicted molar refractivity (Wildman–Crippen MR) is 135 cm³/mol. The van der Waals surface area contributed by atoms with E-state index in [1.807, 2.05) is 6.07 Å². The molecule has 1 aromatic heterocycles. The lowest BCUT2D eigenvalue weighted by atomic mass is 9.86. The highest BCUT2D eigenvalue weighted by atomic mass is 28.3. The largest absolute Gasteiger partial charge is 0.368 e. The summed E-state index contributed by atoms with van der Waals surface area (Å²) >= 11 is 0. The first-order chi connectivity index (χ1) is 15.3. The molecule has 2 N–H and O–H groups in total. The average Bonchev–Trinajstić information content (AvgIpc) is 3.19. The van der Waals surface area contributed by atoms with Crippen LogP contribution < -0.4 is 10.5 Å². The molecule has 1 aliphatic heterocycles. The molecule has 0 saturated heterocycles. The van der Waals surface area contributed by atoms with E-state index in [9.17, 15) is 4.79 Å². The van der Waals surface area contributed by atoms with Crippen molar-refractivity contribution < 1.29 is 9.53 Å². The molecule has 2 aromatic carbocycles. The first kappa shape index (κ1) is 22.8. The molecule has 170 valence electrons. The normalized spacial score (nSPS) is 19.5. The molecular weight excluding hydrogens is 412 g/mol. The number of aryl methyl sites for hydroxylation is 1. The smallest absolute Gasteiger partial charge is 0.223 e. The first-order valence-electron chi connectivity index (χ1n) is 11.9. The number of rotatable bonds is 7. The Kier molecular flexibility index (Phi) is 6.32. The van der Waals surface area contributed by atoms with Gasteiger partial charge in [-0.25, -0.2) is 0 Å². The third kappa shape index (κ3) is 3.93. The van der Waals surface area contributed by atoms with E-state index < -0.39 is 13.7 Å². The number of amides is 1. The summed E-state index contributed by atoms with van der Waals surface area (Å²) in [4.78, 5) is 17.0. The van der Waals surface area contributed by atoms with Crippen LogP contribution in [0.25, 0.3) is 10.9 Å². The number of carbonyl (C=O) groups is 1. The summed E-state index contributed by atoms with van der Waals surface area (Å²) < 4.78 is 6.39. The van der Waals surface area contributed by atoms with Gasteiger partial charge in [0.05, 0.1) is 18.7 Å². The molecule has 0 saturated carbocycles. The molecule has 4 nitrogen and oxygen atoms in total. The molecule has 2 atom stereocenters. The number of aromatic nitrogens is 1. The lowest BCUT2D eigenvalue weighted by Gasteiger charge is -2.37. The minimum Gasteiger partial charge on any atom is -0.368 e. The predicted octanol–water partition coefficient (Wildman–Crippen LogP) is 4.96. The Hall–Kier alpha value is -2.37. The van der Waals surface area contributed by atoms with Gasteiger partial charge in [0.2, 0.25) is 5.91 Å². The summed E-state index contributed by atoms with van der Waals surface area (Å²) in [5.41, 5.74) is 4.47. The van der Waals surface area contributed by atoms with Crippen molar-refractivity contribution in [2.24, 2.45) is 0 Å². The molecule has 4 rings (SSSR count). The van der Waals surface area contributed by atoms with Gasteiger partial charge in [0.1, 0.15) is 13.7 Å². The van der Waals surface area contributed by atoms with Gasteiger partial charge in [-0.1, -0.05) is 80.7 Å². The van der Waals surface area contributed by atoms with E-state index >= 15 is 0 Å². The zero-order valence-electron chi connectivity index (χ0n) is 20.0. The Morgan fingerprint density at radius 1 is 1.16 bits per heavy atom. The number of carbonyl (C=O) groups excluding carboxylic acids is 1. The maximum atomic E-state index is 13.3. The Morgan fingerprint density at radius 2 is 1.91 bits per heavy atom. The van der Waals surface area contributed by atoms with Crippen molar-refractivity contribution in [3.63, 3.8) is 0 Å². The highest BCUT2D eigenvalue weighted by Gasteiger charge is 2.42. The zero-order chi connectivity index (χ0) is 22.9. The Morgan fingerprint density at radius 3 is 2.59 bits per heavy atom. The van der Waals surface area contributed by atoms with Crippen molar-refractivity contribution >= 4 is 30.1 Å². The van der Waals surface area contributed by atoms with Gasteiger partial charge in [-0.2, -0.15) is 0 Å². The van der Waals surface area contributed by atoms with Crippen LogP contribution in [0.2, 0.25) is 13.1 Å². The number of hydrogen-bond donors (Lipinski definition) is 2. The van der Waals surface area contributed by atoms with Crippen LogP contribution in [-0.2, 0) is 28.0 Å². The van der Waals surface area contributed by atoms with Crippen LogP contribution in [0.5, 0.6) is 0 Å². The average molecular weight is 449 g/mol. The fraction of sp³-hybridized carbons (Fsp3) is 0.444. The SMILES string of the molecule is CCc1cccc2c3c([nH]c12)C(CC)(CC(=O)NC(C)[Si](C)(C)c1ccccc1)OCC3. The van der Waals surface area contributed by atoms with Gasteiger partial charge in [0.15, 0.2) is 0 Å². The third-order valence-corrected chi connectivity index (χ3v) is 11.7. The number of fused-ring (bicyclic) bond motifs is 3. The molecular formula is C27H36N2O2Si. The van der Waals surface area contributed by atoms with Gasteiger partial charge >= 0.3 is 0 Å². The molecule has 3 aromatic rings. The van der Waals surface area contributed by atoms with Crippen LogP contribution in [0.1, 0.15) is 50.4 Å². The molecule has 2 heterocycles. The highest BCUT2D eigenvalue weighted by molar-refractivity contribution is 6.91. The van der Waals surface area contributed by atoms with Gasteiger partial charge in [-0.15, -0.1) is 0 Å². The molecule has 2 unspecified atom stereocenters. The van der Waals surface area contributed by atoms with Crippen LogP contribution in [0.15, 0.2) is 48.5 Å². The Balaban J connectivity index is 1.60. The minimum atomic E-state index is -1.84. The first-order valence-corrected chi connectivity index (χ1v) is 15.0. The lowest BCUT2D eigenvalue weighted by molar-refractivity contribution is -0.133. The van der Waals surface area contributed by atoms with Crippen molar-refractivity contribution in [1.82, 2.24) is 10.3 Å². The maximum Gasteiger partial charge on any atom is 0.223 e. The molecule has 32 heavy (non-hydrogen) atoms. The van der Waals surface area contributed by atoms with Gasteiger partial charge in [-0.3, -0.25) is 4.79 Å². The van der Waals surface area contributed by atoms with Crippen LogP contribution in [-0.4, -0.2) is 31.2 Å². The fourth-order valence-electron chi connectivity index (χ4n) is 5.09. The number of ether oxygens (including phenoxy) is 1. The number of hydrogen-bond acceptors (Lipinski definition) is 2. The van der Waals surface area contributed by atoms with Crippen molar-refractivity contribution in [3.05, 3.63) is 65.4 Å². The summed E-state index contributed by atoms with van der Waals surface area (Å²) in [6, 6.07) is 17.1. The molecule has 0 bridgehead atoms. The van der Waals surface area contributed by atoms with Gasteiger partial charge in [-0.05, 0) is 37.3 Å². The van der Waals surface area contributed by atoms with E-state index in [0.29, 0.717) is 13.0 Å². The topological polar surface area (TPSA) is 54.1 Å². The Bertz CT molecular complexity index is 1110. The second-order valence-corrected chi connectivity index (χ2v) is 14.6. The Labute approximate surface area is 192 Å². The van der Waals surface area contributed by atoms with Crippen molar-refractivity contribution in [2.75, 3.05) is 6.61 Å². The minimum absolute atomic E-state index is 0.0677. The summed E-state index contributed by atoms with van der Waals surface area (Å²) in [5, 5.41) is 5.98. The number of aromatic amines is 1. The van der Waals surface area contributed by atoms with E-state index in [-0.39, 0.29) is 11.6 Å². The van der Waals surface area contributed by atoms with Crippen LogP contribution in [0.4, 0.5) is 0 Å². The zero-order valence-corrected chi connectivity index (χ0v) is 21.0. The van der Waals surface area contributed by atoms with Crippen molar-refractivity contribution in [3.8, 4) is 0 Å². The molecule has 0 radical (unpaired) electrons. The molecule has 5 heteroatoms. The van der Waals surface area contributed by atoms with E-state index in [4.69, 9.17) is 4.74 Å². The third-order valence-electron chi connectivity index (χ3n) is 7.59. The lowest BCUT2D eigenvalue weighted by Crippen LogP contribution is -2.59. The number of nitrogens with one attached hydrogen (secondary N) is 2. The molecule has 1 aliphatic rings. The number of benzene rings is 2. The van der Waals surface area contributed by atoms with E-state index in [1.54, 1.807) is 0 Å². The highest BCUT2D eigenvalue weighted by Crippen LogP contribution is 2.42. The quantitative estimate of drug-likeness (QED) is 0.502. The molecule has 0 fully saturated rings. The number of H-pyrrole nitrogens is 1. The second kappa shape index (κ2) is 8.87. The van der Waals surface area contributed by atoms with Gasteiger partial charge in [0, 0.05) is 16.6 Å². The summed E-state index contributed by atoms with van der Waals surface area (Å²) in [5.74, 6) is 0.0677. The van der Waals surface area contributed by atoms with Gasteiger partial charge < -0.3 is 15.0 Å². The van der Waals surface area contributed by atoms with Gasteiger partial charge in [0.25, 0.3) is 0 Å². The second-order valence-electron chi connectivity index (χ2n) is 9.67. The standard InChI is InChI=1S/C27H36N2O2Si/c1-6-20-12-11-15-22-23-16-17-31-27(7-2,26(23)29-25(20)22)18-24(30)28-19(3)32(4,5)21-13-9-8-10-14-21/h8-15,19,29H,6-7,16-18H2,1-5H3,(H,28,30). The molecule has 1 amide bonds. The summed E-state index contributed by atoms with van der Waals surface area (Å²) in [6.07, 6.45) is 2.97. The van der Waals surface area contributed by atoms with E-state index in [2.05, 4.69) is 86.6 Å². The van der Waals surface area contributed by atoms with Crippen LogP contribution in [0, 0.1) is 0 Å². The van der Waals surface area contributed by atoms with Crippen molar-refractivity contribution in [2.45, 2.75) is 70.8 Å². The van der Waals surface area contributed by atoms with E-state index in [0.717, 1.165) is 25.0 Å². The molecule has 0 spiro atoms. The monoisotopic (exact) mass is 448 g/mol. The fourth-order valence-corrected chi connectivity index (χ4v) is 7.16.